The number of aryl methyl sites for hydroxylation is 1. The van der Waals surface area contributed by atoms with Gasteiger partial charge in [-0.05, 0) is 54.4 Å². The number of nitrogens with zero attached hydrogens (tertiary/aromatic N) is 1. The maximum absolute atomic E-state index is 12.9. The lowest BCUT2D eigenvalue weighted by Gasteiger charge is -2.08. The Morgan fingerprint density at radius 3 is 2.52 bits per heavy atom. The first-order chi connectivity index (χ1) is 13.0. The molecule has 1 heterocycles. The van der Waals surface area contributed by atoms with Crippen molar-refractivity contribution in [2.45, 2.75) is 13.5 Å². The second-order valence-electron chi connectivity index (χ2n) is 6.06. The SMILES string of the molecule is Cc1cccc(NC(=O)c2cc(C(=O)NCc3ccc(F)cc3)ccn2)c1. The summed E-state index contributed by atoms with van der Waals surface area (Å²) in [5.74, 6) is -1.07. The first-order valence-electron chi connectivity index (χ1n) is 8.38. The van der Waals surface area contributed by atoms with Crippen LogP contribution in [0.15, 0.2) is 66.9 Å². The first-order valence-corrected chi connectivity index (χ1v) is 8.38. The van der Waals surface area contributed by atoms with Crippen molar-refractivity contribution < 1.29 is 14.0 Å². The predicted molar refractivity (Wildman–Crippen MR) is 101 cm³/mol. The molecular weight excluding hydrogens is 345 g/mol. The van der Waals surface area contributed by atoms with Gasteiger partial charge >= 0.3 is 0 Å². The van der Waals surface area contributed by atoms with Gasteiger partial charge < -0.3 is 10.6 Å². The van der Waals surface area contributed by atoms with E-state index in [2.05, 4.69) is 15.6 Å². The van der Waals surface area contributed by atoms with Gasteiger partial charge in [0.2, 0.25) is 0 Å². The molecule has 2 amide bonds. The van der Waals surface area contributed by atoms with Crippen molar-refractivity contribution in [2.75, 3.05) is 5.32 Å². The van der Waals surface area contributed by atoms with Crippen LogP contribution in [0.3, 0.4) is 0 Å². The highest BCUT2D eigenvalue weighted by atomic mass is 19.1. The zero-order valence-corrected chi connectivity index (χ0v) is 14.7. The van der Waals surface area contributed by atoms with Crippen LogP contribution in [-0.2, 0) is 6.54 Å². The van der Waals surface area contributed by atoms with Crippen LogP contribution in [0.5, 0.6) is 0 Å². The number of halogens is 1. The molecule has 0 atom stereocenters. The number of benzene rings is 2. The number of carbonyl (C=O) groups excluding carboxylic acids is 2. The number of hydrogen-bond donors (Lipinski definition) is 2. The van der Waals surface area contributed by atoms with Crippen LogP contribution in [0.2, 0.25) is 0 Å². The first kappa shape index (κ1) is 18.3. The smallest absolute Gasteiger partial charge is 0.274 e. The molecule has 0 aliphatic rings. The van der Waals surface area contributed by atoms with E-state index in [9.17, 15) is 14.0 Å². The lowest BCUT2D eigenvalue weighted by molar-refractivity contribution is 0.0951. The van der Waals surface area contributed by atoms with Gasteiger partial charge in [-0.2, -0.15) is 0 Å². The molecule has 1 aromatic heterocycles. The van der Waals surface area contributed by atoms with Gasteiger partial charge in [0.1, 0.15) is 11.5 Å². The number of amides is 2. The minimum absolute atomic E-state index is 0.144. The fourth-order valence-corrected chi connectivity index (χ4v) is 2.50. The van der Waals surface area contributed by atoms with E-state index >= 15 is 0 Å². The molecule has 0 unspecified atom stereocenters. The average molecular weight is 363 g/mol. The molecule has 0 aliphatic heterocycles. The highest BCUT2D eigenvalue weighted by Gasteiger charge is 2.12. The zero-order valence-electron chi connectivity index (χ0n) is 14.7. The Morgan fingerprint density at radius 2 is 1.78 bits per heavy atom. The van der Waals surface area contributed by atoms with Crippen molar-refractivity contribution in [2.24, 2.45) is 0 Å². The van der Waals surface area contributed by atoms with Crippen LogP contribution in [-0.4, -0.2) is 16.8 Å². The molecule has 0 fully saturated rings. The third-order valence-electron chi connectivity index (χ3n) is 3.90. The van der Waals surface area contributed by atoms with Gasteiger partial charge in [-0.15, -0.1) is 0 Å². The highest BCUT2D eigenvalue weighted by Crippen LogP contribution is 2.12. The van der Waals surface area contributed by atoms with Crippen molar-refractivity contribution in [1.82, 2.24) is 10.3 Å². The third kappa shape index (κ3) is 4.98. The number of hydrogen-bond acceptors (Lipinski definition) is 3. The van der Waals surface area contributed by atoms with Crippen LogP contribution < -0.4 is 10.6 Å². The molecule has 0 spiro atoms. The zero-order chi connectivity index (χ0) is 19.2. The standard InChI is InChI=1S/C21H18FN3O2/c1-14-3-2-4-18(11-14)25-21(27)19-12-16(9-10-23-19)20(26)24-13-15-5-7-17(22)8-6-15/h2-12H,13H2,1H3,(H,24,26)(H,25,27). The fraction of sp³-hybridized carbons (Fsp3) is 0.0952. The van der Waals surface area contributed by atoms with Gasteiger partial charge in [0.15, 0.2) is 0 Å². The predicted octanol–water partition coefficient (Wildman–Crippen LogP) is 3.71. The summed E-state index contributed by atoms with van der Waals surface area (Å²) >= 11 is 0. The molecule has 0 radical (unpaired) electrons. The van der Waals surface area contributed by atoms with Crippen molar-refractivity contribution in [3.8, 4) is 0 Å². The van der Waals surface area contributed by atoms with Crippen LogP contribution in [0.1, 0.15) is 32.0 Å². The molecule has 136 valence electrons. The fourth-order valence-electron chi connectivity index (χ4n) is 2.50. The van der Waals surface area contributed by atoms with Crippen molar-refractivity contribution in [3.63, 3.8) is 0 Å². The van der Waals surface area contributed by atoms with Crippen LogP contribution in [0, 0.1) is 12.7 Å². The topological polar surface area (TPSA) is 71.1 Å². The summed E-state index contributed by atoms with van der Waals surface area (Å²) in [5, 5.41) is 5.50. The number of rotatable bonds is 5. The Kier molecular flexibility index (Phi) is 5.56. The summed E-state index contributed by atoms with van der Waals surface area (Å²) in [6, 6.07) is 16.2. The monoisotopic (exact) mass is 363 g/mol. The van der Waals surface area contributed by atoms with E-state index in [0.717, 1.165) is 11.1 Å². The molecule has 0 saturated heterocycles. The summed E-state index contributed by atoms with van der Waals surface area (Å²) in [6.07, 6.45) is 1.41. The Labute approximate surface area is 156 Å². The molecule has 3 aromatic rings. The molecule has 6 heteroatoms. The Hall–Kier alpha value is -3.54. The van der Waals surface area contributed by atoms with Crippen molar-refractivity contribution in [3.05, 3.63) is 95.1 Å². The number of carbonyl (C=O) groups is 2. The van der Waals surface area contributed by atoms with Gasteiger partial charge in [0.05, 0.1) is 0 Å². The minimum atomic E-state index is -0.395. The molecule has 27 heavy (non-hydrogen) atoms. The van der Waals surface area contributed by atoms with Crippen LogP contribution in [0.25, 0.3) is 0 Å². The van der Waals surface area contributed by atoms with E-state index in [4.69, 9.17) is 0 Å². The van der Waals surface area contributed by atoms with Gasteiger partial charge in [0.25, 0.3) is 11.8 Å². The molecule has 0 aliphatic carbocycles. The number of nitrogens with one attached hydrogen (secondary N) is 2. The molecule has 0 bridgehead atoms. The van der Waals surface area contributed by atoms with E-state index in [1.165, 1.54) is 30.5 Å². The van der Waals surface area contributed by atoms with E-state index in [1.54, 1.807) is 18.2 Å². The maximum Gasteiger partial charge on any atom is 0.274 e. The molecule has 2 aromatic carbocycles. The molecule has 0 saturated carbocycles. The lowest BCUT2D eigenvalue weighted by Crippen LogP contribution is -2.23. The summed E-state index contributed by atoms with van der Waals surface area (Å²) in [4.78, 5) is 28.7. The van der Waals surface area contributed by atoms with E-state index in [0.29, 0.717) is 11.3 Å². The molecule has 5 nitrogen and oxygen atoms in total. The minimum Gasteiger partial charge on any atom is -0.348 e. The molecule has 2 N–H and O–H groups in total. The normalized spacial score (nSPS) is 10.3. The Morgan fingerprint density at radius 1 is 1.00 bits per heavy atom. The van der Waals surface area contributed by atoms with Gasteiger partial charge in [0, 0.05) is 24.0 Å². The summed E-state index contributed by atoms with van der Waals surface area (Å²) in [5.41, 5.74) is 2.92. The van der Waals surface area contributed by atoms with Gasteiger partial charge in [-0.3, -0.25) is 14.6 Å². The summed E-state index contributed by atoms with van der Waals surface area (Å²) in [7, 11) is 0. The second kappa shape index (κ2) is 8.23. The van der Waals surface area contributed by atoms with E-state index < -0.39 is 5.91 Å². The van der Waals surface area contributed by atoms with Crippen LogP contribution in [0.4, 0.5) is 10.1 Å². The second-order valence-corrected chi connectivity index (χ2v) is 6.06. The van der Waals surface area contributed by atoms with Crippen molar-refractivity contribution in [1.29, 1.82) is 0 Å². The molecule has 3 rings (SSSR count). The highest BCUT2D eigenvalue weighted by molar-refractivity contribution is 6.04. The van der Waals surface area contributed by atoms with Crippen molar-refractivity contribution >= 4 is 17.5 Å². The number of anilines is 1. The summed E-state index contributed by atoms with van der Waals surface area (Å²) in [6.45, 7) is 2.19. The lowest BCUT2D eigenvalue weighted by atomic mass is 10.1. The number of pyridine rings is 1. The van der Waals surface area contributed by atoms with Gasteiger partial charge in [-0.1, -0.05) is 24.3 Å². The Bertz CT molecular complexity index is 971. The average Bonchev–Trinajstić information content (AvgIpc) is 2.67. The van der Waals surface area contributed by atoms with Gasteiger partial charge in [-0.25, -0.2) is 4.39 Å². The largest absolute Gasteiger partial charge is 0.348 e. The summed E-state index contributed by atoms with van der Waals surface area (Å²) < 4.78 is 12.9. The Balaban J connectivity index is 1.66. The van der Waals surface area contributed by atoms with E-state index in [-0.39, 0.29) is 24.0 Å². The van der Waals surface area contributed by atoms with Crippen LogP contribution >= 0.6 is 0 Å². The molecular formula is C21H18FN3O2. The third-order valence-corrected chi connectivity index (χ3v) is 3.90. The van der Waals surface area contributed by atoms with E-state index in [1.807, 2.05) is 25.1 Å². The maximum atomic E-state index is 12.9. The number of aromatic nitrogens is 1. The quantitative estimate of drug-likeness (QED) is 0.726.